The normalized spacial score (nSPS) is 18.0. The molecule has 2 amide bonds. The Morgan fingerprint density at radius 1 is 1.27 bits per heavy atom. The number of carbonyl (C=O) groups excluding carboxylic acids is 2. The van der Waals surface area contributed by atoms with Crippen LogP contribution in [0, 0.1) is 6.92 Å². The first-order chi connectivity index (χ1) is 10.5. The molecule has 2 rings (SSSR count). The summed E-state index contributed by atoms with van der Waals surface area (Å²) in [4.78, 5) is 25.6. The summed E-state index contributed by atoms with van der Waals surface area (Å²) in [5, 5.41) is 5.96. The molecule has 0 unspecified atom stereocenters. The summed E-state index contributed by atoms with van der Waals surface area (Å²) in [7, 11) is 0. The number of nitrogens with zero attached hydrogens (tertiary/aromatic N) is 1. The maximum Gasteiger partial charge on any atom is 0.242 e. The lowest BCUT2D eigenvalue weighted by Gasteiger charge is -2.33. The molecule has 1 saturated heterocycles. The molecule has 1 aliphatic heterocycles. The summed E-state index contributed by atoms with van der Waals surface area (Å²) in [6.07, 6.45) is 3.36. The monoisotopic (exact) mass is 303 g/mol. The van der Waals surface area contributed by atoms with Gasteiger partial charge in [-0.2, -0.15) is 0 Å². The molecule has 120 valence electrons. The highest BCUT2D eigenvalue weighted by molar-refractivity contribution is 5.93. The van der Waals surface area contributed by atoms with Gasteiger partial charge in [0.2, 0.25) is 11.8 Å². The number of nitrogens with one attached hydrogen (secondary N) is 2. The number of hydrogen-bond donors (Lipinski definition) is 2. The number of amides is 2. The topological polar surface area (TPSA) is 61.4 Å². The SMILES string of the molecule is CC(=O)Nc1ccc(C)cc1NCC(=O)N1CCCC[C@@H]1C. The van der Waals surface area contributed by atoms with Crippen LogP contribution in [0.1, 0.15) is 38.7 Å². The highest BCUT2D eigenvalue weighted by Crippen LogP contribution is 2.23. The third-order valence-electron chi connectivity index (χ3n) is 4.04. The fraction of sp³-hybridized carbons (Fsp3) is 0.529. The Morgan fingerprint density at radius 3 is 2.73 bits per heavy atom. The predicted molar refractivity (Wildman–Crippen MR) is 89.0 cm³/mol. The molecule has 22 heavy (non-hydrogen) atoms. The van der Waals surface area contributed by atoms with Crippen molar-refractivity contribution >= 4 is 23.2 Å². The summed E-state index contributed by atoms with van der Waals surface area (Å²) in [5.41, 5.74) is 2.57. The van der Waals surface area contributed by atoms with Crippen LogP contribution in [-0.4, -0.2) is 35.8 Å². The number of rotatable bonds is 4. The molecule has 1 aromatic rings. The van der Waals surface area contributed by atoms with Crippen LogP contribution in [0.15, 0.2) is 18.2 Å². The van der Waals surface area contributed by atoms with E-state index < -0.39 is 0 Å². The number of piperidine rings is 1. The van der Waals surface area contributed by atoms with Crippen LogP contribution < -0.4 is 10.6 Å². The van der Waals surface area contributed by atoms with Gasteiger partial charge in [0, 0.05) is 19.5 Å². The van der Waals surface area contributed by atoms with E-state index in [2.05, 4.69) is 17.6 Å². The minimum absolute atomic E-state index is 0.113. The molecular weight excluding hydrogens is 278 g/mol. The summed E-state index contributed by atoms with van der Waals surface area (Å²) >= 11 is 0. The molecule has 5 nitrogen and oxygen atoms in total. The molecule has 2 N–H and O–H groups in total. The molecule has 0 aliphatic carbocycles. The Bertz CT molecular complexity index is 557. The van der Waals surface area contributed by atoms with Crippen molar-refractivity contribution in [1.82, 2.24) is 4.90 Å². The van der Waals surface area contributed by atoms with Crippen LogP contribution >= 0.6 is 0 Å². The van der Waals surface area contributed by atoms with Crippen LogP contribution in [0.4, 0.5) is 11.4 Å². The van der Waals surface area contributed by atoms with Gasteiger partial charge in [-0.3, -0.25) is 9.59 Å². The number of carbonyl (C=O) groups is 2. The first-order valence-electron chi connectivity index (χ1n) is 7.89. The van der Waals surface area contributed by atoms with Gasteiger partial charge in [0.25, 0.3) is 0 Å². The summed E-state index contributed by atoms with van der Waals surface area (Å²) in [6.45, 7) is 6.66. The first kappa shape index (κ1) is 16.3. The summed E-state index contributed by atoms with van der Waals surface area (Å²) < 4.78 is 0. The highest BCUT2D eigenvalue weighted by atomic mass is 16.2. The van der Waals surface area contributed by atoms with Crippen molar-refractivity contribution in [3.8, 4) is 0 Å². The van der Waals surface area contributed by atoms with E-state index in [1.54, 1.807) is 0 Å². The van der Waals surface area contributed by atoms with Crippen LogP contribution in [0.25, 0.3) is 0 Å². The summed E-state index contributed by atoms with van der Waals surface area (Å²) in [5.74, 6) is -0.00892. The van der Waals surface area contributed by atoms with Crippen molar-refractivity contribution in [2.24, 2.45) is 0 Å². The van der Waals surface area contributed by atoms with E-state index in [-0.39, 0.29) is 18.4 Å². The molecule has 0 saturated carbocycles. The van der Waals surface area contributed by atoms with Crippen LogP contribution in [-0.2, 0) is 9.59 Å². The zero-order valence-corrected chi connectivity index (χ0v) is 13.6. The maximum absolute atomic E-state index is 12.4. The van der Waals surface area contributed by atoms with Crippen LogP contribution in [0.5, 0.6) is 0 Å². The molecule has 1 aromatic carbocycles. The molecule has 1 heterocycles. The molecule has 0 bridgehead atoms. The number of aryl methyl sites for hydroxylation is 1. The van der Waals surface area contributed by atoms with Gasteiger partial charge < -0.3 is 15.5 Å². The molecule has 1 aliphatic rings. The molecule has 0 spiro atoms. The number of anilines is 2. The molecular formula is C17H25N3O2. The maximum atomic E-state index is 12.4. The molecule has 0 radical (unpaired) electrons. The van der Waals surface area contributed by atoms with Crippen molar-refractivity contribution in [2.45, 2.75) is 46.1 Å². The van der Waals surface area contributed by atoms with E-state index >= 15 is 0 Å². The third-order valence-corrected chi connectivity index (χ3v) is 4.04. The van der Waals surface area contributed by atoms with Crippen molar-refractivity contribution in [3.05, 3.63) is 23.8 Å². The average molecular weight is 303 g/mol. The second-order valence-electron chi connectivity index (χ2n) is 6.02. The zero-order chi connectivity index (χ0) is 16.1. The van der Waals surface area contributed by atoms with Crippen molar-refractivity contribution in [1.29, 1.82) is 0 Å². The van der Waals surface area contributed by atoms with E-state index in [0.29, 0.717) is 11.7 Å². The Hall–Kier alpha value is -2.04. The van der Waals surface area contributed by atoms with Gasteiger partial charge in [-0.05, 0) is 50.8 Å². The lowest BCUT2D eigenvalue weighted by Crippen LogP contribution is -2.44. The van der Waals surface area contributed by atoms with E-state index in [9.17, 15) is 9.59 Å². The van der Waals surface area contributed by atoms with E-state index in [4.69, 9.17) is 0 Å². The third kappa shape index (κ3) is 4.23. The molecule has 1 atom stereocenters. The Morgan fingerprint density at radius 2 is 2.05 bits per heavy atom. The van der Waals surface area contributed by atoms with Gasteiger partial charge in [0.15, 0.2) is 0 Å². The van der Waals surface area contributed by atoms with Crippen molar-refractivity contribution < 1.29 is 9.59 Å². The Balaban J connectivity index is 2.02. The van der Waals surface area contributed by atoms with Gasteiger partial charge in [-0.25, -0.2) is 0 Å². The van der Waals surface area contributed by atoms with Crippen molar-refractivity contribution in [2.75, 3.05) is 23.7 Å². The minimum atomic E-state index is -0.122. The molecule has 5 heteroatoms. The Labute approximate surface area is 132 Å². The van der Waals surface area contributed by atoms with Gasteiger partial charge in [0.1, 0.15) is 0 Å². The second-order valence-corrected chi connectivity index (χ2v) is 6.02. The minimum Gasteiger partial charge on any atom is -0.374 e. The predicted octanol–water partition coefficient (Wildman–Crippen LogP) is 2.77. The number of likely N-dealkylation sites (tertiary alicyclic amines) is 1. The largest absolute Gasteiger partial charge is 0.374 e. The molecule has 1 fully saturated rings. The van der Waals surface area contributed by atoms with Gasteiger partial charge >= 0.3 is 0 Å². The number of benzene rings is 1. The molecule has 0 aromatic heterocycles. The second kappa shape index (κ2) is 7.29. The fourth-order valence-electron chi connectivity index (χ4n) is 2.84. The van der Waals surface area contributed by atoms with Crippen molar-refractivity contribution in [3.63, 3.8) is 0 Å². The smallest absolute Gasteiger partial charge is 0.242 e. The lowest BCUT2D eigenvalue weighted by atomic mass is 10.0. The van der Waals surface area contributed by atoms with Crippen LogP contribution in [0.3, 0.4) is 0 Å². The zero-order valence-electron chi connectivity index (χ0n) is 13.6. The van der Waals surface area contributed by atoms with Gasteiger partial charge in [-0.1, -0.05) is 6.07 Å². The lowest BCUT2D eigenvalue weighted by molar-refractivity contribution is -0.132. The van der Waals surface area contributed by atoms with E-state index in [0.717, 1.165) is 30.6 Å². The summed E-state index contributed by atoms with van der Waals surface area (Å²) in [6, 6.07) is 6.05. The van der Waals surface area contributed by atoms with E-state index in [1.807, 2.05) is 30.0 Å². The van der Waals surface area contributed by atoms with Crippen LogP contribution in [0.2, 0.25) is 0 Å². The average Bonchev–Trinajstić information content (AvgIpc) is 2.47. The highest BCUT2D eigenvalue weighted by Gasteiger charge is 2.22. The van der Waals surface area contributed by atoms with Gasteiger partial charge in [-0.15, -0.1) is 0 Å². The quantitative estimate of drug-likeness (QED) is 0.899. The standard InChI is InChI=1S/C17H25N3O2/c1-12-7-8-15(19-14(3)21)16(10-12)18-11-17(22)20-9-5-4-6-13(20)2/h7-8,10,13,18H,4-6,9,11H2,1-3H3,(H,19,21)/t13-/m0/s1. The van der Waals surface area contributed by atoms with Gasteiger partial charge in [0.05, 0.1) is 17.9 Å². The van der Waals surface area contributed by atoms with E-state index in [1.165, 1.54) is 13.3 Å². The Kier molecular flexibility index (Phi) is 5.41. The fourth-order valence-corrected chi connectivity index (χ4v) is 2.84. The first-order valence-corrected chi connectivity index (χ1v) is 7.89. The number of hydrogen-bond acceptors (Lipinski definition) is 3.